The second-order valence-electron chi connectivity index (χ2n) is 6.30. The highest BCUT2D eigenvalue weighted by molar-refractivity contribution is 5.99. The van der Waals surface area contributed by atoms with Crippen LogP contribution in [0.3, 0.4) is 0 Å². The van der Waals surface area contributed by atoms with Crippen LogP contribution in [0, 0.1) is 5.82 Å². The fourth-order valence-electron chi connectivity index (χ4n) is 2.98. The number of rotatable bonds is 7. The molecular formula is C23H21FN2O4. The summed E-state index contributed by atoms with van der Waals surface area (Å²) in [6, 6.07) is 19.2. The summed E-state index contributed by atoms with van der Waals surface area (Å²) in [5, 5.41) is 5.34. The van der Waals surface area contributed by atoms with Crippen LogP contribution in [-0.4, -0.2) is 26.0 Å². The number of ether oxygens (including phenoxy) is 2. The lowest BCUT2D eigenvalue weighted by Gasteiger charge is -2.22. The molecule has 0 radical (unpaired) electrons. The van der Waals surface area contributed by atoms with Crippen LogP contribution >= 0.6 is 0 Å². The van der Waals surface area contributed by atoms with Gasteiger partial charge < -0.3 is 20.1 Å². The number of methoxy groups -OCH3 is 2. The molecule has 3 rings (SSSR count). The van der Waals surface area contributed by atoms with Crippen LogP contribution < -0.4 is 20.1 Å². The van der Waals surface area contributed by atoms with Crippen LogP contribution in [0.2, 0.25) is 0 Å². The lowest BCUT2D eigenvalue weighted by molar-refractivity contribution is 0.0879. The molecule has 3 aromatic rings. The number of hydrogen-bond acceptors (Lipinski definition) is 4. The molecule has 0 aliphatic heterocycles. The maximum absolute atomic E-state index is 14.5. The zero-order valence-corrected chi connectivity index (χ0v) is 16.5. The van der Waals surface area contributed by atoms with Gasteiger partial charge in [-0.25, -0.2) is 4.39 Å². The van der Waals surface area contributed by atoms with Crippen LogP contribution in [0.5, 0.6) is 11.5 Å². The number of halogens is 1. The van der Waals surface area contributed by atoms with Gasteiger partial charge in [-0.15, -0.1) is 0 Å². The molecule has 3 aromatic carbocycles. The van der Waals surface area contributed by atoms with Crippen molar-refractivity contribution >= 4 is 11.8 Å². The van der Waals surface area contributed by atoms with E-state index in [1.165, 1.54) is 32.4 Å². The molecule has 0 bridgehead atoms. The van der Waals surface area contributed by atoms with E-state index < -0.39 is 23.8 Å². The lowest BCUT2D eigenvalue weighted by atomic mass is 10.1. The van der Waals surface area contributed by atoms with Crippen LogP contribution in [-0.2, 0) is 0 Å². The van der Waals surface area contributed by atoms with Gasteiger partial charge in [-0.1, -0.05) is 42.5 Å². The summed E-state index contributed by atoms with van der Waals surface area (Å²) in [5.41, 5.74) is 0.629. The minimum absolute atomic E-state index is 0.115. The lowest BCUT2D eigenvalue weighted by Crippen LogP contribution is -2.41. The maximum atomic E-state index is 14.5. The molecule has 0 aliphatic rings. The highest BCUT2D eigenvalue weighted by atomic mass is 19.1. The summed E-state index contributed by atoms with van der Waals surface area (Å²) >= 11 is 0. The van der Waals surface area contributed by atoms with Crippen molar-refractivity contribution in [2.75, 3.05) is 14.2 Å². The highest BCUT2D eigenvalue weighted by Gasteiger charge is 2.24. The Morgan fingerprint density at radius 1 is 0.733 bits per heavy atom. The van der Waals surface area contributed by atoms with E-state index in [-0.39, 0.29) is 16.7 Å². The van der Waals surface area contributed by atoms with E-state index in [1.54, 1.807) is 54.6 Å². The molecule has 0 unspecified atom stereocenters. The predicted octanol–water partition coefficient (Wildman–Crippen LogP) is 3.70. The van der Waals surface area contributed by atoms with E-state index in [9.17, 15) is 14.0 Å². The first-order chi connectivity index (χ1) is 14.5. The zero-order valence-electron chi connectivity index (χ0n) is 16.5. The Labute approximate surface area is 173 Å². The third-order valence-electron chi connectivity index (χ3n) is 4.47. The first-order valence-electron chi connectivity index (χ1n) is 9.17. The predicted molar refractivity (Wildman–Crippen MR) is 110 cm³/mol. The molecular weight excluding hydrogens is 387 g/mol. The topological polar surface area (TPSA) is 76.7 Å². The van der Waals surface area contributed by atoms with E-state index in [2.05, 4.69) is 10.6 Å². The van der Waals surface area contributed by atoms with Gasteiger partial charge in [-0.3, -0.25) is 9.59 Å². The summed E-state index contributed by atoms with van der Waals surface area (Å²) in [6.45, 7) is 0. The van der Waals surface area contributed by atoms with Crippen LogP contribution in [0.25, 0.3) is 0 Å². The van der Waals surface area contributed by atoms with E-state index in [0.717, 1.165) is 0 Å². The Balaban J connectivity index is 1.92. The van der Waals surface area contributed by atoms with Gasteiger partial charge >= 0.3 is 0 Å². The van der Waals surface area contributed by atoms with Gasteiger partial charge in [0.25, 0.3) is 11.8 Å². The summed E-state index contributed by atoms with van der Waals surface area (Å²) in [5.74, 6) is -0.901. The summed E-state index contributed by atoms with van der Waals surface area (Å²) in [6.07, 6.45) is -1.12. The van der Waals surface area contributed by atoms with Crippen molar-refractivity contribution in [3.8, 4) is 11.5 Å². The molecule has 0 aromatic heterocycles. The SMILES string of the molecule is COc1ccccc1C(=O)NC(NC(=O)c1ccccc1OC)c1ccccc1F. The number of amides is 2. The molecule has 2 amide bonds. The van der Waals surface area contributed by atoms with Crippen molar-refractivity contribution < 1.29 is 23.5 Å². The van der Waals surface area contributed by atoms with Gasteiger partial charge in [0, 0.05) is 5.56 Å². The second kappa shape index (κ2) is 9.56. The van der Waals surface area contributed by atoms with Crippen molar-refractivity contribution in [3.63, 3.8) is 0 Å². The number of carbonyl (C=O) groups is 2. The molecule has 0 spiro atoms. The molecule has 2 N–H and O–H groups in total. The summed E-state index contributed by atoms with van der Waals surface area (Å²) < 4.78 is 24.9. The number of carbonyl (C=O) groups excluding carboxylic acids is 2. The Morgan fingerprint density at radius 3 is 1.63 bits per heavy atom. The van der Waals surface area contributed by atoms with Crippen LogP contribution in [0.4, 0.5) is 4.39 Å². The minimum atomic E-state index is -1.12. The average molecular weight is 408 g/mol. The van der Waals surface area contributed by atoms with Crippen molar-refractivity contribution in [2.45, 2.75) is 6.17 Å². The van der Waals surface area contributed by atoms with Gasteiger partial charge in [-0.05, 0) is 30.3 Å². The first-order valence-corrected chi connectivity index (χ1v) is 9.17. The fraction of sp³-hybridized carbons (Fsp3) is 0.130. The van der Waals surface area contributed by atoms with Crippen molar-refractivity contribution in [2.24, 2.45) is 0 Å². The highest BCUT2D eigenvalue weighted by Crippen LogP contribution is 2.22. The Morgan fingerprint density at radius 2 is 1.17 bits per heavy atom. The second-order valence-corrected chi connectivity index (χ2v) is 6.30. The Bertz CT molecular complexity index is 993. The smallest absolute Gasteiger partial charge is 0.256 e. The van der Waals surface area contributed by atoms with Crippen molar-refractivity contribution in [3.05, 3.63) is 95.3 Å². The largest absolute Gasteiger partial charge is 0.496 e. The molecule has 0 fully saturated rings. The molecule has 30 heavy (non-hydrogen) atoms. The van der Waals surface area contributed by atoms with E-state index in [1.807, 2.05) is 0 Å². The van der Waals surface area contributed by atoms with Gasteiger partial charge in [-0.2, -0.15) is 0 Å². The standard InChI is InChI=1S/C23H21FN2O4/c1-29-19-13-7-4-10-16(19)22(27)25-21(15-9-3-6-12-18(15)24)26-23(28)17-11-5-8-14-20(17)30-2/h3-14,21H,1-2H3,(H,25,27)(H,26,28). The number of nitrogens with one attached hydrogen (secondary N) is 2. The molecule has 0 atom stereocenters. The van der Waals surface area contributed by atoms with E-state index in [0.29, 0.717) is 11.5 Å². The van der Waals surface area contributed by atoms with Gasteiger partial charge in [0.15, 0.2) is 0 Å². The Kier molecular flexibility index (Phi) is 6.64. The molecule has 7 heteroatoms. The molecule has 154 valence electrons. The monoisotopic (exact) mass is 408 g/mol. The van der Waals surface area contributed by atoms with Gasteiger partial charge in [0.05, 0.1) is 25.3 Å². The molecule has 0 aliphatic carbocycles. The fourth-order valence-corrected chi connectivity index (χ4v) is 2.98. The van der Waals surface area contributed by atoms with Crippen molar-refractivity contribution in [1.82, 2.24) is 10.6 Å². The first kappa shape index (κ1) is 20.9. The third-order valence-corrected chi connectivity index (χ3v) is 4.47. The normalized spacial score (nSPS) is 10.4. The molecule has 0 saturated heterocycles. The van der Waals surface area contributed by atoms with E-state index in [4.69, 9.17) is 9.47 Å². The summed E-state index contributed by atoms with van der Waals surface area (Å²) in [7, 11) is 2.90. The quantitative estimate of drug-likeness (QED) is 0.585. The summed E-state index contributed by atoms with van der Waals surface area (Å²) in [4.78, 5) is 25.7. The molecule has 0 saturated carbocycles. The minimum Gasteiger partial charge on any atom is -0.496 e. The number of para-hydroxylation sites is 2. The van der Waals surface area contributed by atoms with Crippen LogP contribution in [0.15, 0.2) is 72.8 Å². The van der Waals surface area contributed by atoms with Crippen molar-refractivity contribution in [1.29, 1.82) is 0 Å². The Hall–Kier alpha value is -3.87. The number of hydrogen-bond donors (Lipinski definition) is 2. The molecule has 0 heterocycles. The molecule has 6 nitrogen and oxygen atoms in total. The van der Waals surface area contributed by atoms with Gasteiger partial charge in [0.1, 0.15) is 23.5 Å². The maximum Gasteiger partial charge on any atom is 0.256 e. The third kappa shape index (κ3) is 4.57. The van der Waals surface area contributed by atoms with E-state index >= 15 is 0 Å². The average Bonchev–Trinajstić information content (AvgIpc) is 2.78. The van der Waals surface area contributed by atoms with Crippen LogP contribution in [0.1, 0.15) is 32.4 Å². The number of benzene rings is 3. The zero-order chi connectivity index (χ0) is 21.5. The van der Waals surface area contributed by atoms with Gasteiger partial charge in [0.2, 0.25) is 0 Å².